The van der Waals surface area contributed by atoms with E-state index in [9.17, 15) is 22.0 Å². The van der Waals surface area contributed by atoms with Crippen molar-refractivity contribution in [1.29, 1.82) is 0 Å². The molecule has 7 heteroatoms. The molecule has 0 atom stereocenters. The van der Waals surface area contributed by atoms with Crippen LogP contribution in [0, 0.1) is 23.5 Å². The largest absolute Gasteiger partial charge is 0.573 e. The quantitative estimate of drug-likeness (QED) is 0.176. The third kappa shape index (κ3) is 8.45. The first-order chi connectivity index (χ1) is 18.7. The topological polar surface area (TPSA) is 18.5 Å². The Labute approximate surface area is 227 Å². The molecule has 2 nitrogen and oxygen atoms in total. The van der Waals surface area contributed by atoms with E-state index < -0.39 is 23.7 Å². The molecule has 0 unspecified atom stereocenters. The zero-order valence-corrected chi connectivity index (χ0v) is 22.2. The van der Waals surface area contributed by atoms with Crippen LogP contribution in [0.2, 0.25) is 0 Å². The summed E-state index contributed by atoms with van der Waals surface area (Å²) >= 11 is 0. The first kappa shape index (κ1) is 28.9. The van der Waals surface area contributed by atoms with Gasteiger partial charge in [0.05, 0.1) is 0 Å². The maximum Gasteiger partial charge on any atom is 0.573 e. The van der Waals surface area contributed by atoms with Crippen LogP contribution >= 0.6 is 0 Å². The fourth-order valence-corrected chi connectivity index (χ4v) is 5.40. The van der Waals surface area contributed by atoms with E-state index >= 15 is 0 Å². The highest BCUT2D eigenvalue weighted by Gasteiger charge is 2.31. The van der Waals surface area contributed by atoms with Crippen molar-refractivity contribution in [2.24, 2.45) is 11.8 Å². The van der Waals surface area contributed by atoms with Gasteiger partial charge in [0.2, 0.25) is 5.82 Å². The molecular weight excluding hydrogens is 511 g/mol. The molecule has 3 aromatic rings. The van der Waals surface area contributed by atoms with Gasteiger partial charge in [-0.15, -0.1) is 13.2 Å². The number of hydrogen-bond acceptors (Lipinski definition) is 2. The summed E-state index contributed by atoms with van der Waals surface area (Å²) in [4.78, 5) is 0. The standard InChI is InChI=1S/C32H35F5O2/c1-2-3-4-5-22-6-8-23(9-7-22)10-11-24-12-14-25(15-13-24)28-20-21-29(33)30(34)31(28)38-26-16-18-27(19-17-26)39-32(35,36)37/h12-23H,2-11H2,1H3/t22-,23-. The van der Waals surface area contributed by atoms with Crippen molar-refractivity contribution in [2.75, 3.05) is 0 Å². The Hall–Kier alpha value is -3.09. The highest BCUT2D eigenvalue weighted by molar-refractivity contribution is 5.71. The van der Waals surface area contributed by atoms with E-state index in [1.807, 2.05) is 24.3 Å². The normalized spacial score (nSPS) is 17.7. The molecule has 0 aromatic heterocycles. The summed E-state index contributed by atoms with van der Waals surface area (Å²) in [5.74, 6) is -1.32. The number of unbranched alkanes of at least 4 members (excludes halogenated alkanes) is 2. The summed E-state index contributed by atoms with van der Waals surface area (Å²) < 4.78 is 75.5. The average molecular weight is 547 g/mol. The molecule has 0 N–H and O–H groups in total. The number of alkyl halides is 3. The predicted molar refractivity (Wildman–Crippen MR) is 143 cm³/mol. The molecule has 1 aliphatic rings. The molecule has 4 rings (SSSR count). The van der Waals surface area contributed by atoms with Crippen molar-refractivity contribution >= 4 is 0 Å². The third-order valence-electron chi connectivity index (χ3n) is 7.62. The van der Waals surface area contributed by atoms with Gasteiger partial charge < -0.3 is 9.47 Å². The number of benzene rings is 3. The maximum absolute atomic E-state index is 14.8. The van der Waals surface area contributed by atoms with Crippen LogP contribution in [0.15, 0.2) is 60.7 Å². The van der Waals surface area contributed by atoms with E-state index in [0.29, 0.717) is 11.1 Å². The van der Waals surface area contributed by atoms with Crippen LogP contribution in [0.1, 0.15) is 70.3 Å². The minimum absolute atomic E-state index is 0.0481. The van der Waals surface area contributed by atoms with Gasteiger partial charge in [0, 0.05) is 5.56 Å². The van der Waals surface area contributed by atoms with Crippen LogP contribution in [0.4, 0.5) is 22.0 Å². The maximum atomic E-state index is 14.8. The van der Waals surface area contributed by atoms with Crippen molar-refractivity contribution in [3.05, 3.63) is 77.9 Å². The lowest BCUT2D eigenvalue weighted by Gasteiger charge is -2.28. The molecule has 210 valence electrons. The zero-order chi connectivity index (χ0) is 27.8. The van der Waals surface area contributed by atoms with Gasteiger partial charge >= 0.3 is 6.36 Å². The number of ether oxygens (including phenoxy) is 2. The van der Waals surface area contributed by atoms with Gasteiger partial charge in [0.15, 0.2) is 11.6 Å². The summed E-state index contributed by atoms with van der Waals surface area (Å²) in [6.45, 7) is 2.25. The Bertz CT molecular complexity index is 1180. The zero-order valence-electron chi connectivity index (χ0n) is 22.2. The lowest BCUT2D eigenvalue weighted by atomic mass is 9.78. The SMILES string of the molecule is CCCCC[C@H]1CC[C@H](CCc2ccc(-c3ccc(F)c(F)c3Oc3ccc(OC(F)(F)F)cc3)cc2)CC1. The summed E-state index contributed by atoms with van der Waals surface area (Å²) in [7, 11) is 0. The fourth-order valence-electron chi connectivity index (χ4n) is 5.40. The van der Waals surface area contributed by atoms with Gasteiger partial charge in [-0.1, -0.05) is 82.6 Å². The molecule has 0 amide bonds. The Balaban J connectivity index is 1.38. The van der Waals surface area contributed by atoms with Crippen molar-refractivity contribution in [2.45, 2.75) is 77.5 Å². The monoisotopic (exact) mass is 546 g/mol. The van der Waals surface area contributed by atoms with E-state index in [4.69, 9.17) is 4.74 Å². The summed E-state index contributed by atoms with van der Waals surface area (Å²) in [6, 6.07) is 14.7. The second kappa shape index (κ2) is 13.3. The van der Waals surface area contributed by atoms with Crippen LogP contribution in [0.25, 0.3) is 11.1 Å². The van der Waals surface area contributed by atoms with Gasteiger partial charge in [-0.05, 0) is 72.2 Å². The van der Waals surface area contributed by atoms with Crippen molar-refractivity contribution in [1.82, 2.24) is 0 Å². The summed E-state index contributed by atoms with van der Waals surface area (Å²) in [5, 5.41) is 0. The average Bonchev–Trinajstić information content (AvgIpc) is 2.92. The van der Waals surface area contributed by atoms with Gasteiger partial charge in [-0.3, -0.25) is 0 Å². The molecule has 39 heavy (non-hydrogen) atoms. The molecule has 1 fully saturated rings. The Morgan fingerprint density at radius 1 is 0.744 bits per heavy atom. The van der Waals surface area contributed by atoms with Crippen molar-refractivity contribution in [3.8, 4) is 28.4 Å². The van der Waals surface area contributed by atoms with Gasteiger partial charge in [-0.2, -0.15) is 4.39 Å². The number of rotatable bonds is 11. The number of aryl methyl sites for hydroxylation is 1. The van der Waals surface area contributed by atoms with Gasteiger partial charge in [-0.25, -0.2) is 4.39 Å². The summed E-state index contributed by atoms with van der Waals surface area (Å²) in [5.41, 5.74) is 2.18. The summed E-state index contributed by atoms with van der Waals surface area (Å²) in [6.07, 6.45) is 7.90. The van der Waals surface area contributed by atoms with Gasteiger partial charge in [0.25, 0.3) is 0 Å². The fraction of sp³-hybridized carbons (Fsp3) is 0.438. The predicted octanol–water partition coefficient (Wildman–Crippen LogP) is 10.6. The second-order valence-corrected chi connectivity index (χ2v) is 10.5. The first-order valence-corrected chi connectivity index (χ1v) is 13.8. The second-order valence-electron chi connectivity index (χ2n) is 10.5. The van der Waals surface area contributed by atoms with Gasteiger partial charge in [0.1, 0.15) is 11.5 Å². The van der Waals surface area contributed by atoms with Crippen LogP contribution in [0.3, 0.4) is 0 Å². The van der Waals surface area contributed by atoms with Crippen molar-refractivity contribution < 1.29 is 31.4 Å². The highest BCUT2D eigenvalue weighted by atomic mass is 19.4. The lowest BCUT2D eigenvalue weighted by Crippen LogP contribution is -2.16. The molecule has 1 aliphatic carbocycles. The molecule has 1 saturated carbocycles. The van der Waals surface area contributed by atoms with Crippen LogP contribution in [-0.2, 0) is 6.42 Å². The molecule has 0 aliphatic heterocycles. The minimum Gasteiger partial charge on any atom is -0.454 e. The Morgan fingerprint density at radius 2 is 1.36 bits per heavy atom. The molecular formula is C32H35F5O2. The molecule has 0 radical (unpaired) electrons. The third-order valence-corrected chi connectivity index (χ3v) is 7.62. The van der Waals surface area contributed by atoms with E-state index in [1.54, 1.807) is 0 Å². The lowest BCUT2D eigenvalue weighted by molar-refractivity contribution is -0.274. The van der Waals surface area contributed by atoms with Crippen LogP contribution < -0.4 is 9.47 Å². The molecule has 3 aromatic carbocycles. The number of halogens is 5. The van der Waals surface area contributed by atoms with Crippen LogP contribution in [-0.4, -0.2) is 6.36 Å². The Kier molecular flexibility index (Phi) is 9.87. The molecule has 0 heterocycles. The molecule has 0 saturated heterocycles. The Morgan fingerprint density at radius 3 is 1.97 bits per heavy atom. The van der Waals surface area contributed by atoms with E-state index in [2.05, 4.69) is 11.7 Å². The van der Waals surface area contributed by atoms with E-state index in [0.717, 1.165) is 42.9 Å². The smallest absolute Gasteiger partial charge is 0.454 e. The van der Waals surface area contributed by atoms with Crippen molar-refractivity contribution in [3.63, 3.8) is 0 Å². The molecule has 0 spiro atoms. The van der Waals surface area contributed by atoms with E-state index in [1.165, 1.54) is 75.1 Å². The number of hydrogen-bond donors (Lipinski definition) is 0. The van der Waals surface area contributed by atoms with E-state index in [-0.39, 0.29) is 11.5 Å². The van der Waals surface area contributed by atoms with Crippen LogP contribution in [0.5, 0.6) is 17.2 Å². The highest BCUT2D eigenvalue weighted by Crippen LogP contribution is 2.38. The first-order valence-electron chi connectivity index (χ1n) is 13.8. The minimum atomic E-state index is -4.83. The molecule has 0 bridgehead atoms.